The number of nitrogens with one attached hydrogen (secondary N) is 2. The molecule has 1 aliphatic heterocycles. The van der Waals surface area contributed by atoms with Gasteiger partial charge in [-0.2, -0.15) is 0 Å². The first-order valence-electron chi connectivity index (χ1n) is 6.51. The third-order valence-electron chi connectivity index (χ3n) is 3.41. The lowest BCUT2D eigenvalue weighted by Gasteiger charge is -2.22. The maximum Gasteiger partial charge on any atom is 0.223 e. The third kappa shape index (κ3) is 4.54. The fourth-order valence-corrected chi connectivity index (χ4v) is 2.44. The van der Waals surface area contributed by atoms with Crippen molar-refractivity contribution in [1.29, 1.82) is 0 Å². The Hall–Kier alpha value is -0.970. The molecule has 1 amide bonds. The molecule has 0 aliphatic carbocycles. The number of halogens is 2. The lowest BCUT2D eigenvalue weighted by Crippen LogP contribution is -2.37. The minimum atomic E-state index is 0. The average Bonchev–Trinajstić information content (AvgIpc) is 2.46. The summed E-state index contributed by atoms with van der Waals surface area (Å²) < 4.78 is 5.26. The van der Waals surface area contributed by atoms with Gasteiger partial charge in [-0.15, -0.1) is 12.4 Å². The van der Waals surface area contributed by atoms with Crippen molar-refractivity contribution in [3.8, 4) is 5.75 Å². The van der Waals surface area contributed by atoms with Crippen LogP contribution in [0.4, 0.5) is 0 Å². The van der Waals surface area contributed by atoms with Crippen molar-refractivity contribution < 1.29 is 9.53 Å². The van der Waals surface area contributed by atoms with E-state index in [0.717, 1.165) is 31.5 Å². The van der Waals surface area contributed by atoms with Crippen molar-refractivity contribution in [2.75, 3.05) is 20.2 Å². The molecule has 0 bridgehead atoms. The highest BCUT2D eigenvalue weighted by molar-refractivity contribution is 6.30. The molecule has 1 saturated heterocycles. The predicted molar refractivity (Wildman–Crippen MR) is 82.7 cm³/mol. The van der Waals surface area contributed by atoms with E-state index in [0.29, 0.717) is 17.3 Å². The van der Waals surface area contributed by atoms with Gasteiger partial charge in [0, 0.05) is 23.0 Å². The summed E-state index contributed by atoms with van der Waals surface area (Å²) in [4.78, 5) is 12.0. The molecule has 0 unspecified atom stereocenters. The molecule has 0 saturated carbocycles. The van der Waals surface area contributed by atoms with Crippen molar-refractivity contribution in [1.82, 2.24) is 10.6 Å². The largest absolute Gasteiger partial charge is 0.496 e. The lowest BCUT2D eigenvalue weighted by atomic mass is 9.97. The molecule has 1 aliphatic rings. The zero-order valence-corrected chi connectivity index (χ0v) is 13.0. The van der Waals surface area contributed by atoms with E-state index in [2.05, 4.69) is 10.6 Å². The number of methoxy groups -OCH3 is 1. The van der Waals surface area contributed by atoms with Crippen molar-refractivity contribution in [3.63, 3.8) is 0 Å². The van der Waals surface area contributed by atoms with Gasteiger partial charge < -0.3 is 15.4 Å². The summed E-state index contributed by atoms with van der Waals surface area (Å²) in [5.74, 6) is 0.955. The van der Waals surface area contributed by atoms with Crippen LogP contribution in [0, 0.1) is 5.92 Å². The Morgan fingerprint density at radius 1 is 1.45 bits per heavy atom. The number of piperidine rings is 1. The van der Waals surface area contributed by atoms with Gasteiger partial charge in [-0.05, 0) is 38.1 Å². The summed E-state index contributed by atoms with van der Waals surface area (Å²) in [7, 11) is 1.60. The smallest absolute Gasteiger partial charge is 0.223 e. The molecule has 4 nitrogen and oxygen atoms in total. The fourth-order valence-electron chi connectivity index (χ4n) is 2.28. The van der Waals surface area contributed by atoms with Crippen LogP contribution < -0.4 is 15.4 Å². The molecule has 0 radical (unpaired) electrons. The van der Waals surface area contributed by atoms with Gasteiger partial charge in [0.05, 0.1) is 7.11 Å². The zero-order chi connectivity index (χ0) is 13.7. The molecule has 112 valence electrons. The maximum atomic E-state index is 12.0. The first kappa shape index (κ1) is 17.1. The molecular formula is C14H20Cl2N2O2. The van der Waals surface area contributed by atoms with E-state index in [1.807, 2.05) is 6.07 Å². The van der Waals surface area contributed by atoms with E-state index in [9.17, 15) is 4.79 Å². The van der Waals surface area contributed by atoms with E-state index in [1.165, 1.54) is 0 Å². The molecule has 1 fully saturated rings. The molecule has 20 heavy (non-hydrogen) atoms. The van der Waals surface area contributed by atoms with Gasteiger partial charge in [0.2, 0.25) is 5.91 Å². The molecule has 2 N–H and O–H groups in total. The Bertz CT molecular complexity index is 449. The van der Waals surface area contributed by atoms with Crippen molar-refractivity contribution in [2.45, 2.75) is 19.4 Å². The minimum Gasteiger partial charge on any atom is -0.496 e. The van der Waals surface area contributed by atoms with Crippen LogP contribution >= 0.6 is 24.0 Å². The first-order valence-corrected chi connectivity index (χ1v) is 6.89. The molecule has 1 aromatic rings. The molecule has 0 atom stereocenters. The van der Waals surface area contributed by atoms with Crippen LogP contribution in [0.5, 0.6) is 5.75 Å². The Morgan fingerprint density at radius 2 is 2.15 bits per heavy atom. The summed E-state index contributed by atoms with van der Waals surface area (Å²) >= 11 is 5.91. The van der Waals surface area contributed by atoms with Gasteiger partial charge in [0.15, 0.2) is 0 Å². The molecule has 1 heterocycles. The van der Waals surface area contributed by atoms with Gasteiger partial charge in [-0.3, -0.25) is 4.79 Å². The SMILES string of the molecule is COc1cc(Cl)ccc1CNC(=O)C1CCNCC1.Cl. The Morgan fingerprint density at radius 3 is 2.80 bits per heavy atom. The van der Waals surface area contributed by atoms with Crippen LogP contribution in [0.2, 0.25) is 5.02 Å². The zero-order valence-electron chi connectivity index (χ0n) is 11.4. The average molecular weight is 319 g/mol. The predicted octanol–water partition coefficient (Wildman–Crippen LogP) is 2.39. The quantitative estimate of drug-likeness (QED) is 0.896. The molecule has 6 heteroatoms. The van der Waals surface area contributed by atoms with Crippen molar-refractivity contribution in [3.05, 3.63) is 28.8 Å². The number of amides is 1. The van der Waals surface area contributed by atoms with E-state index in [4.69, 9.17) is 16.3 Å². The number of hydrogen-bond acceptors (Lipinski definition) is 3. The van der Waals surface area contributed by atoms with Crippen LogP contribution in [0.15, 0.2) is 18.2 Å². The summed E-state index contributed by atoms with van der Waals surface area (Å²) in [6.45, 7) is 2.31. The van der Waals surface area contributed by atoms with E-state index >= 15 is 0 Å². The Kier molecular flexibility index (Phi) is 7.13. The number of rotatable bonds is 4. The summed E-state index contributed by atoms with van der Waals surface area (Å²) in [6.07, 6.45) is 1.81. The molecule has 0 spiro atoms. The van der Waals surface area contributed by atoms with E-state index in [1.54, 1.807) is 19.2 Å². The van der Waals surface area contributed by atoms with Crippen LogP contribution in [-0.2, 0) is 11.3 Å². The highest BCUT2D eigenvalue weighted by atomic mass is 35.5. The summed E-state index contributed by atoms with van der Waals surface area (Å²) in [5.41, 5.74) is 0.939. The van der Waals surface area contributed by atoms with E-state index < -0.39 is 0 Å². The molecule has 1 aromatic carbocycles. The second kappa shape index (κ2) is 8.35. The van der Waals surface area contributed by atoms with Gasteiger partial charge in [-0.25, -0.2) is 0 Å². The molecular weight excluding hydrogens is 299 g/mol. The maximum absolute atomic E-state index is 12.0. The Labute approximate surface area is 130 Å². The second-order valence-corrected chi connectivity index (χ2v) is 5.13. The van der Waals surface area contributed by atoms with Gasteiger partial charge in [0.25, 0.3) is 0 Å². The number of benzene rings is 1. The Balaban J connectivity index is 0.00000200. The monoisotopic (exact) mass is 318 g/mol. The van der Waals surface area contributed by atoms with Gasteiger partial charge >= 0.3 is 0 Å². The van der Waals surface area contributed by atoms with Crippen LogP contribution in [0.1, 0.15) is 18.4 Å². The van der Waals surface area contributed by atoms with Crippen molar-refractivity contribution >= 4 is 29.9 Å². The second-order valence-electron chi connectivity index (χ2n) is 4.70. The molecule has 0 aromatic heterocycles. The topological polar surface area (TPSA) is 50.4 Å². The van der Waals surface area contributed by atoms with Gasteiger partial charge in [-0.1, -0.05) is 17.7 Å². The minimum absolute atomic E-state index is 0. The van der Waals surface area contributed by atoms with E-state index in [-0.39, 0.29) is 24.2 Å². The summed E-state index contributed by atoms with van der Waals surface area (Å²) in [6, 6.07) is 5.44. The van der Waals surface area contributed by atoms with Crippen LogP contribution in [0.25, 0.3) is 0 Å². The number of carbonyl (C=O) groups is 1. The third-order valence-corrected chi connectivity index (χ3v) is 3.65. The molecule has 2 rings (SSSR count). The number of carbonyl (C=O) groups excluding carboxylic acids is 1. The van der Waals surface area contributed by atoms with Crippen LogP contribution in [-0.4, -0.2) is 26.1 Å². The van der Waals surface area contributed by atoms with Gasteiger partial charge in [0.1, 0.15) is 5.75 Å². The summed E-state index contributed by atoms with van der Waals surface area (Å²) in [5, 5.41) is 6.86. The number of ether oxygens (including phenoxy) is 1. The van der Waals surface area contributed by atoms with Crippen LogP contribution in [0.3, 0.4) is 0 Å². The number of hydrogen-bond donors (Lipinski definition) is 2. The highest BCUT2D eigenvalue weighted by Crippen LogP contribution is 2.23. The highest BCUT2D eigenvalue weighted by Gasteiger charge is 2.20. The first-order chi connectivity index (χ1) is 9.20. The van der Waals surface area contributed by atoms with Crippen molar-refractivity contribution in [2.24, 2.45) is 5.92 Å². The normalized spacial score (nSPS) is 15.3. The standard InChI is InChI=1S/C14H19ClN2O2.ClH/c1-19-13-8-12(15)3-2-11(13)9-17-14(18)10-4-6-16-7-5-10;/h2-3,8,10,16H,4-7,9H2,1H3,(H,17,18);1H. The fraction of sp³-hybridized carbons (Fsp3) is 0.500. The lowest BCUT2D eigenvalue weighted by molar-refractivity contribution is -0.125.